The number of non-ortho nitro benzene ring substituents is 3. The predicted molar refractivity (Wildman–Crippen MR) is 437 cm³/mol. The van der Waals surface area contributed by atoms with Crippen molar-refractivity contribution in [2.24, 2.45) is 0 Å². The summed E-state index contributed by atoms with van der Waals surface area (Å²) < 4.78 is 10.4. The van der Waals surface area contributed by atoms with E-state index in [1.165, 1.54) is 41.0 Å². The number of ether oxygens (including phenoxy) is 2. The molecule has 27 heteroatoms. The number of hydrogen-bond acceptors (Lipinski definition) is 19. The van der Waals surface area contributed by atoms with E-state index in [4.69, 9.17) is 61.0 Å². The van der Waals surface area contributed by atoms with E-state index in [-0.39, 0.29) is 96.1 Å². The Balaban J connectivity index is 0.000000123. The van der Waals surface area contributed by atoms with E-state index in [0.29, 0.717) is 44.3 Å². The number of likely N-dealkylation sites (N-methyl/N-ethyl adjacent to an activating group) is 4. The zero-order valence-electron chi connectivity index (χ0n) is 63.4. The fraction of sp³-hybridized carbons (Fsp3) is 0.368. The van der Waals surface area contributed by atoms with Crippen LogP contribution in [-0.2, 0) is 56.1 Å². The Hall–Kier alpha value is -9.63. The fourth-order valence-electron chi connectivity index (χ4n) is 18.8. The second-order valence-electron chi connectivity index (χ2n) is 31.0. The van der Waals surface area contributed by atoms with Crippen LogP contribution in [0, 0.1) is 40.5 Å². The third-order valence-corrected chi connectivity index (χ3v) is 25.8. The Kier molecular flexibility index (Phi) is 24.5. The van der Waals surface area contributed by atoms with Crippen molar-refractivity contribution >= 4 is 75.1 Å². The standard InChI is InChI=1S/C26H23ClN2O4.3C19H19ClN2O3.C4H8O2/c1-28-13-12-18-14-22(27)24(33-26(30)17-6-9-19(10-7-17)29(31)32)15-21(18)25-20-5-3-2-4-16(20)8-11-23(25)28;1-21-7-6-12-9-16(20)18(23)10-15(12)19-14-4-3-13(22(24)25)8-11(14)2-5-17(19)21;1-21-7-6-12-8-16(20)18(23)10-15(12)19-14-9-13(22(24)25)4-2-11(14)3-5-17(19)21;1-21-8-7-11-9-15(20)18(23)10-14(11)19-13-3-2-4-16(22(24)25)12(13)5-6-17(19)21;5-4-2-1-3-6-4/h2-7,9-10,14-15,23,25H,8,11-13H2,1H3;3-4,8-10,17,19,23H,2,5-7H2,1H3;2,4,8-10,17,19,23H,3,5-7H2,1H3;2-4,9-10,17,19,23H,5-8H2,1H3;4-5H,1-3H2/t23-,25+;3*17-,19+;/m0000./s1. The van der Waals surface area contributed by atoms with Crippen LogP contribution >= 0.6 is 46.4 Å². The molecule has 18 rings (SSSR count). The number of phenols is 3. The molecule has 9 atom stereocenters. The molecule has 0 aromatic heterocycles. The molecule has 1 saturated heterocycles. The van der Waals surface area contributed by atoms with Crippen LogP contribution in [0.1, 0.15) is 162 Å². The van der Waals surface area contributed by atoms with E-state index >= 15 is 0 Å². The van der Waals surface area contributed by atoms with Gasteiger partial charge in [-0.2, -0.15) is 0 Å². The van der Waals surface area contributed by atoms with Crippen LogP contribution in [0.4, 0.5) is 22.7 Å². The number of nitro benzene ring substituents is 4. The maximum absolute atomic E-state index is 12.8. The molecule has 5 aliphatic heterocycles. The normalized spacial score (nSPS) is 22.3. The minimum atomic E-state index is -0.599. The summed E-state index contributed by atoms with van der Waals surface area (Å²) in [5.74, 6) is 0.230. The monoisotopic (exact) mass is 1620 g/mol. The lowest BCUT2D eigenvalue weighted by Gasteiger charge is -2.38. The quantitative estimate of drug-likeness (QED) is 0.0520. The average molecular weight is 1630 g/mol. The zero-order chi connectivity index (χ0) is 80.7. The van der Waals surface area contributed by atoms with Crippen LogP contribution in [-0.4, -0.2) is 157 Å². The molecule has 0 amide bonds. The molecule has 23 nitrogen and oxygen atoms in total. The van der Waals surface area contributed by atoms with Crippen molar-refractivity contribution in [2.45, 2.75) is 144 Å². The molecule has 594 valence electrons. The van der Waals surface area contributed by atoms with Gasteiger partial charge in [0.25, 0.3) is 22.7 Å². The van der Waals surface area contributed by atoms with Crippen molar-refractivity contribution in [1.29, 1.82) is 0 Å². The minimum absolute atomic E-state index is 0.00863. The fourth-order valence-corrected chi connectivity index (χ4v) is 19.6. The number of carbonyl (C=O) groups excluding carboxylic acids is 1. The van der Waals surface area contributed by atoms with E-state index in [0.717, 1.165) is 189 Å². The number of fused-ring (bicyclic) bond motifs is 20. The van der Waals surface area contributed by atoms with Gasteiger partial charge in [-0.3, -0.25) is 40.5 Å². The number of aliphatic hydroxyl groups is 1. The maximum atomic E-state index is 12.8. The SMILES string of the molecule is CN1CCc2cc(Cl)c(O)cc2[C@H]2c3cc([N+](=O)[O-])ccc3CC[C@@H]21.CN1CCc2cc(Cl)c(O)cc2[C@H]2c3ccc([N+](=O)[O-])cc3CC[C@@H]21.CN1CCc2cc(Cl)c(O)cc2[C@H]2c3cccc([N+](=O)[O-])c3CC[C@@H]21.CN1CCc2cc(Cl)c(OC(=O)c3ccc([N+](=O)[O-])cc3)cc2[C@H]2c3ccccc3CC[C@@H]21.OC1CCCO1. The molecule has 0 radical (unpaired) electrons. The Labute approximate surface area is 679 Å². The molecule has 1 fully saturated rings. The first-order chi connectivity index (χ1) is 54.7. The Morgan fingerprint density at radius 1 is 0.404 bits per heavy atom. The van der Waals surface area contributed by atoms with Crippen molar-refractivity contribution in [3.05, 3.63) is 307 Å². The molecule has 4 aliphatic carbocycles. The number of nitrogens with zero attached hydrogens (tertiary/aromatic N) is 8. The highest BCUT2D eigenvalue weighted by Crippen LogP contribution is 2.51. The van der Waals surface area contributed by atoms with E-state index in [1.54, 1.807) is 54.6 Å². The Morgan fingerprint density at radius 2 is 0.798 bits per heavy atom. The number of aromatic hydroxyl groups is 3. The molecule has 5 heterocycles. The van der Waals surface area contributed by atoms with Crippen LogP contribution in [0.3, 0.4) is 0 Å². The van der Waals surface area contributed by atoms with Gasteiger partial charge in [-0.1, -0.05) is 94.9 Å². The molecular formula is C87H88Cl4N8O15. The number of aliphatic hydroxyl groups excluding tert-OH is 1. The first-order valence-electron chi connectivity index (χ1n) is 38.5. The minimum Gasteiger partial charge on any atom is -0.506 e. The highest BCUT2D eigenvalue weighted by atomic mass is 35.5. The molecule has 9 aromatic rings. The number of esters is 1. The van der Waals surface area contributed by atoms with Gasteiger partial charge in [-0.25, -0.2) is 4.79 Å². The summed E-state index contributed by atoms with van der Waals surface area (Å²) in [5.41, 5.74) is 18.3. The van der Waals surface area contributed by atoms with E-state index < -0.39 is 17.2 Å². The summed E-state index contributed by atoms with van der Waals surface area (Å²) >= 11 is 24.9. The van der Waals surface area contributed by atoms with Crippen molar-refractivity contribution in [3.63, 3.8) is 0 Å². The van der Waals surface area contributed by atoms with Gasteiger partial charge in [0.15, 0.2) is 6.29 Å². The van der Waals surface area contributed by atoms with Crippen molar-refractivity contribution in [2.75, 3.05) is 61.0 Å². The Morgan fingerprint density at radius 3 is 1.27 bits per heavy atom. The number of halogens is 4. The summed E-state index contributed by atoms with van der Waals surface area (Å²) in [7, 11) is 8.51. The van der Waals surface area contributed by atoms with E-state index in [9.17, 15) is 60.6 Å². The smallest absolute Gasteiger partial charge is 0.343 e. The van der Waals surface area contributed by atoms with Crippen LogP contribution in [0.25, 0.3) is 0 Å². The van der Waals surface area contributed by atoms with Crippen molar-refractivity contribution in [1.82, 2.24) is 19.6 Å². The topological polar surface area (TPSA) is 302 Å². The van der Waals surface area contributed by atoms with Gasteiger partial charge in [0, 0.05) is 135 Å². The highest BCUT2D eigenvalue weighted by molar-refractivity contribution is 6.33. The van der Waals surface area contributed by atoms with Crippen molar-refractivity contribution in [3.8, 4) is 23.0 Å². The predicted octanol–water partition coefficient (Wildman–Crippen LogP) is 17.2. The van der Waals surface area contributed by atoms with Gasteiger partial charge in [-0.05, 0) is 256 Å². The van der Waals surface area contributed by atoms with Crippen LogP contribution in [0.2, 0.25) is 20.1 Å². The molecule has 9 aromatic carbocycles. The number of rotatable bonds is 6. The number of hydrogen-bond donors (Lipinski definition) is 4. The zero-order valence-corrected chi connectivity index (χ0v) is 66.5. The van der Waals surface area contributed by atoms with Gasteiger partial charge >= 0.3 is 5.97 Å². The first-order valence-corrected chi connectivity index (χ1v) is 40.0. The number of carbonyl (C=O) groups is 1. The number of aryl methyl sites for hydroxylation is 3. The van der Waals surface area contributed by atoms with Gasteiger partial charge in [0.1, 0.15) is 23.0 Å². The molecule has 9 aliphatic rings. The average Bonchev–Trinajstić information content (AvgIpc) is 1.46. The second kappa shape index (κ2) is 34.4. The third kappa shape index (κ3) is 16.8. The third-order valence-electron chi connectivity index (χ3n) is 24.6. The van der Waals surface area contributed by atoms with Crippen molar-refractivity contribution < 1.29 is 54.4 Å². The summed E-state index contributed by atoms with van der Waals surface area (Å²) in [5, 5.41) is 85.1. The van der Waals surface area contributed by atoms with Gasteiger partial charge in [-0.15, -0.1) is 0 Å². The molecule has 1 unspecified atom stereocenters. The van der Waals surface area contributed by atoms with Crippen LogP contribution in [0.5, 0.6) is 23.0 Å². The highest BCUT2D eigenvalue weighted by Gasteiger charge is 2.43. The maximum Gasteiger partial charge on any atom is 0.343 e. The van der Waals surface area contributed by atoms with Gasteiger partial charge < -0.3 is 49.5 Å². The second-order valence-corrected chi connectivity index (χ2v) is 32.6. The lowest BCUT2D eigenvalue weighted by molar-refractivity contribution is -0.385. The van der Waals surface area contributed by atoms with E-state index in [1.807, 2.05) is 48.5 Å². The van der Waals surface area contributed by atoms with Crippen LogP contribution in [0.15, 0.2) is 152 Å². The lowest BCUT2D eigenvalue weighted by atomic mass is 9.74. The summed E-state index contributed by atoms with van der Waals surface area (Å²) in [6.45, 7) is 4.41. The van der Waals surface area contributed by atoms with Gasteiger partial charge in [0.05, 0.1) is 45.3 Å². The molecular weight excluding hydrogens is 1540 g/mol. The Bertz CT molecular complexity index is 5150. The van der Waals surface area contributed by atoms with E-state index in [2.05, 4.69) is 72.1 Å². The molecule has 4 N–H and O–H groups in total. The largest absolute Gasteiger partial charge is 0.506 e. The molecule has 114 heavy (non-hydrogen) atoms. The van der Waals surface area contributed by atoms with Gasteiger partial charge in [0.2, 0.25) is 0 Å². The first kappa shape index (κ1) is 81.0. The lowest BCUT2D eigenvalue weighted by Crippen LogP contribution is -2.39. The number of benzene rings is 9. The van der Waals surface area contributed by atoms with Crippen LogP contribution < -0.4 is 4.74 Å². The molecule has 0 spiro atoms. The molecule has 0 saturated carbocycles. The number of nitro groups is 4. The number of phenolic OH excluding ortho intramolecular Hbond substituents is 3. The summed E-state index contributed by atoms with van der Waals surface area (Å²) in [6, 6.07) is 45.5. The molecule has 0 bridgehead atoms. The summed E-state index contributed by atoms with van der Waals surface area (Å²) in [4.78, 5) is 65.4. The summed E-state index contributed by atoms with van der Waals surface area (Å²) in [6.07, 6.45) is 12.2.